The highest BCUT2D eigenvalue weighted by molar-refractivity contribution is 7.07. The van der Waals surface area contributed by atoms with Crippen LogP contribution in [0.3, 0.4) is 0 Å². The third-order valence-corrected chi connectivity index (χ3v) is 4.93. The second-order valence-corrected chi connectivity index (χ2v) is 6.36. The van der Waals surface area contributed by atoms with Crippen LogP contribution in [0.25, 0.3) is 0 Å². The molecule has 1 aromatic carbocycles. The van der Waals surface area contributed by atoms with Gasteiger partial charge in [0.1, 0.15) is 5.69 Å². The van der Waals surface area contributed by atoms with Crippen LogP contribution in [0.15, 0.2) is 53.9 Å². The molecule has 6 heteroatoms. The third kappa shape index (κ3) is 2.66. The summed E-state index contributed by atoms with van der Waals surface area (Å²) in [6, 6.07) is 8.40. The molecule has 2 heterocycles. The summed E-state index contributed by atoms with van der Waals surface area (Å²) in [5.41, 5.74) is 4.63. The largest absolute Gasteiger partial charge is 0.342 e. The van der Waals surface area contributed by atoms with E-state index in [0.29, 0.717) is 5.69 Å². The van der Waals surface area contributed by atoms with Crippen molar-refractivity contribution in [1.82, 2.24) is 19.9 Å². The van der Waals surface area contributed by atoms with Crippen LogP contribution in [0.1, 0.15) is 40.1 Å². The number of nitrogens with one attached hydrogen (secondary N) is 1. The van der Waals surface area contributed by atoms with Crippen molar-refractivity contribution in [1.29, 1.82) is 0 Å². The Hall–Kier alpha value is -2.47. The van der Waals surface area contributed by atoms with Gasteiger partial charge in [-0.2, -0.15) is 0 Å². The van der Waals surface area contributed by atoms with Crippen molar-refractivity contribution in [3.05, 3.63) is 70.7 Å². The van der Waals surface area contributed by atoms with Gasteiger partial charge >= 0.3 is 0 Å². The smallest absolute Gasteiger partial charge is 0.271 e. The number of aromatic nitrogens is 3. The monoisotopic (exact) mass is 324 g/mol. The van der Waals surface area contributed by atoms with Gasteiger partial charge in [-0.05, 0) is 24.0 Å². The molecule has 5 nitrogen and oxygen atoms in total. The maximum atomic E-state index is 12.5. The first-order valence-electron chi connectivity index (χ1n) is 7.57. The van der Waals surface area contributed by atoms with Crippen molar-refractivity contribution in [3.8, 4) is 0 Å². The molecule has 1 amide bonds. The maximum absolute atomic E-state index is 12.5. The molecule has 0 radical (unpaired) electrons. The van der Waals surface area contributed by atoms with E-state index in [4.69, 9.17) is 0 Å². The zero-order valence-electron chi connectivity index (χ0n) is 12.4. The fourth-order valence-corrected chi connectivity index (χ4v) is 3.78. The first-order chi connectivity index (χ1) is 11.3. The number of fused-ring (bicyclic) bond motifs is 1. The van der Waals surface area contributed by atoms with E-state index in [1.807, 2.05) is 18.6 Å². The number of imidazole rings is 1. The Kier molecular flexibility index (Phi) is 3.67. The van der Waals surface area contributed by atoms with Gasteiger partial charge in [-0.3, -0.25) is 4.79 Å². The van der Waals surface area contributed by atoms with E-state index in [-0.39, 0.29) is 18.0 Å². The van der Waals surface area contributed by atoms with Gasteiger partial charge < -0.3 is 9.88 Å². The molecule has 4 rings (SSSR count). The molecule has 23 heavy (non-hydrogen) atoms. The zero-order chi connectivity index (χ0) is 15.6. The minimum absolute atomic E-state index is 0.0802. The van der Waals surface area contributed by atoms with Gasteiger partial charge in [-0.25, -0.2) is 9.97 Å². The first-order valence-corrected chi connectivity index (χ1v) is 8.51. The number of hydrogen-bond donors (Lipinski definition) is 1. The fraction of sp³-hybridized carbons (Fsp3) is 0.235. The summed E-state index contributed by atoms with van der Waals surface area (Å²) in [6.07, 6.45) is 7.53. The predicted molar refractivity (Wildman–Crippen MR) is 88.3 cm³/mol. The van der Waals surface area contributed by atoms with Crippen molar-refractivity contribution in [3.63, 3.8) is 0 Å². The highest BCUT2D eigenvalue weighted by atomic mass is 32.1. The van der Waals surface area contributed by atoms with Crippen LogP contribution in [-0.2, 0) is 6.42 Å². The molecular formula is C17H16N4OS. The highest BCUT2D eigenvalue weighted by Gasteiger charge is 2.32. The van der Waals surface area contributed by atoms with E-state index in [0.717, 1.165) is 12.8 Å². The number of benzene rings is 1. The summed E-state index contributed by atoms with van der Waals surface area (Å²) in [5, 5.41) is 4.95. The highest BCUT2D eigenvalue weighted by Crippen LogP contribution is 2.37. The summed E-state index contributed by atoms with van der Waals surface area (Å²) in [4.78, 5) is 20.8. The van der Waals surface area contributed by atoms with Crippen LogP contribution >= 0.6 is 11.3 Å². The summed E-state index contributed by atoms with van der Waals surface area (Å²) >= 11 is 1.43. The Balaban J connectivity index is 1.70. The van der Waals surface area contributed by atoms with Crippen LogP contribution < -0.4 is 5.32 Å². The van der Waals surface area contributed by atoms with Crippen molar-refractivity contribution >= 4 is 17.2 Å². The number of thiazole rings is 1. The molecule has 2 aromatic heterocycles. The molecule has 1 aliphatic rings. The van der Waals surface area contributed by atoms with E-state index in [9.17, 15) is 4.79 Å². The van der Waals surface area contributed by atoms with Crippen LogP contribution in [0.4, 0.5) is 0 Å². The van der Waals surface area contributed by atoms with Crippen molar-refractivity contribution in [2.45, 2.75) is 24.9 Å². The van der Waals surface area contributed by atoms with E-state index in [2.05, 4.69) is 38.1 Å². The maximum Gasteiger partial charge on any atom is 0.271 e. The normalized spacial score (nSPS) is 20.0. The lowest BCUT2D eigenvalue weighted by Crippen LogP contribution is -2.37. The average molecular weight is 324 g/mol. The third-order valence-electron chi connectivity index (χ3n) is 4.34. The van der Waals surface area contributed by atoms with Crippen molar-refractivity contribution < 1.29 is 4.79 Å². The molecule has 1 aliphatic carbocycles. The van der Waals surface area contributed by atoms with Crippen molar-refractivity contribution in [2.75, 3.05) is 0 Å². The molecule has 0 saturated heterocycles. The molecule has 0 unspecified atom stereocenters. The van der Waals surface area contributed by atoms with Gasteiger partial charge in [0.2, 0.25) is 0 Å². The van der Waals surface area contributed by atoms with Gasteiger partial charge in [-0.15, -0.1) is 11.3 Å². The van der Waals surface area contributed by atoms with Crippen LogP contribution in [0, 0.1) is 0 Å². The molecule has 0 aliphatic heterocycles. The minimum atomic E-state index is -0.127. The van der Waals surface area contributed by atoms with Crippen molar-refractivity contribution in [2.24, 2.45) is 0 Å². The van der Waals surface area contributed by atoms with E-state index >= 15 is 0 Å². The summed E-state index contributed by atoms with van der Waals surface area (Å²) < 4.78 is 2.09. The molecule has 0 spiro atoms. The fourth-order valence-electron chi connectivity index (χ4n) is 3.24. The average Bonchev–Trinajstić information content (AvgIpc) is 3.29. The Morgan fingerprint density at radius 3 is 3.04 bits per heavy atom. The Bertz CT molecular complexity index is 798. The zero-order valence-corrected chi connectivity index (χ0v) is 13.2. The quantitative estimate of drug-likeness (QED) is 0.806. The number of carbonyl (C=O) groups is 1. The van der Waals surface area contributed by atoms with Gasteiger partial charge in [0, 0.05) is 17.8 Å². The minimum Gasteiger partial charge on any atom is -0.342 e. The number of rotatable bonds is 3. The molecular weight excluding hydrogens is 308 g/mol. The molecule has 116 valence electrons. The summed E-state index contributed by atoms with van der Waals surface area (Å²) in [5.74, 6) is -0.127. The summed E-state index contributed by atoms with van der Waals surface area (Å²) in [6.45, 7) is 0. The first kappa shape index (κ1) is 14.1. The number of aryl methyl sites for hydroxylation is 1. The Morgan fingerprint density at radius 1 is 1.35 bits per heavy atom. The lowest BCUT2D eigenvalue weighted by molar-refractivity contribution is 0.0913. The Morgan fingerprint density at radius 2 is 2.26 bits per heavy atom. The van der Waals surface area contributed by atoms with Gasteiger partial charge in [0.15, 0.2) is 0 Å². The Labute approximate surface area is 138 Å². The van der Waals surface area contributed by atoms with E-state index < -0.39 is 0 Å². The molecule has 2 atom stereocenters. The van der Waals surface area contributed by atoms with E-state index in [1.54, 1.807) is 17.1 Å². The molecule has 0 fully saturated rings. The standard InChI is InChI=1S/C17H16N4OS/c22-17(14-9-23-11-19-14)20-16-13-4-2-1-3-12(13)5-6-15(16)21-8-7-18-10-21/h1-4,7-11,15-16H,5-6H2,(H,20,22)/t15-,16-/m1/s1. The van der Waals surface area contributed by atoms with E-state index in [1.165, 1.54) is 22.5 Å². The lowest BCUT2D eigenvalue weighted by atomic mass is 9.83. The second-order valence-electron chi connectivity index (χ2n) is 5.64. The van der Waals surface area contributed by atoms with Crippen LogP contribution in [0.2, 0.25) is 0 Å². The van der Waals surface area contributed by atoms with Gasteiger partial charge in [0.25, 0.3) is 5.91 Å². The molecule has 0 saturated carbocycles. The summed E-state index contributed by atoms with van der Waals surface area (Å²) in [7, 11) is 0. The van der Waals surface area contributed by atoms with Gasteiger partial charge in [-0.1, -0.05) is 24.3 Å². The second kappa shape index (κ2) is 5.96. The number of hydrogen-bond acceptors (Lipinski definition) is 4. The lowest BCUT2D eigenvalue weighted by Gasteiger charge is -2.34. The topological polar surface area (TPSA) is 59.8 Å². The van der Waals surface area contributed by atoms with Crippen LogP contribution in [0.5, 0.6) is 0 Å². The SMILES string of the molecule is O=C(N[C@@H]1c2ccccc2CC[C@H]1n1ccnc1)c1cscn1. The molecule has 3 aromatic rings. The van der Waals surface area contributed by atoms with Gasteiger partial charge in [0.05, 0.1) is 23.9 Å². The molecule has 1 N–H and O–H groups in total. The number of nitrogens with zero attached hydrogens (tertiary/aromatic N) is 3. The predicted octanol–water partition coefficient (Wildman–Crippen LogP) is 3.00. The number of carbonyl (C=O) groups excluding carboxylic acids is 1. The van der Waals surface area contributed by atoms with Crippen LogP contribution in [-0.4, -0.2) is 20.4 Å². The molecule has 0 bridgehead atoms. The number of amides is 1.